The summed E-state index contributed by atoms with van der Waals surface area (Å²) >= 11 is 3.62. The van der Waals surface area contributed by atoms with E-state index in [9.17, 15) is 0 Å². The summed E-state index contributed by atoms with van der Waals surface area (Å²) < 4.78 is 8.67. The summed E-state index contributed by atoms with van der Waals surface area (Å²) in [6.45, 7) is 3.73. The molecule has 4 nitrogen and oxygen atoms in total. The Morgan fingerprint density at radius 2 is 2.24 bits per heavy atom. The van der Waals surface area contributed by atoms with E-state index in [1.54, 1.807) is 7.11 Å². The third-order valence-corrected chi connectivity index (χ3v) is 4.64. The van der Waals surface area contributed by atoms with E-state index in [-0.39, 0.29) is 0 Å². The van der Waals surface area contributed by atoms with E-state index in [0.717, 1.165) is 29.1 Å². The minimum absolute atomic E-state index is 0.706. The van der Waals surface area contributed by atoms with Crippen LogP contribution in [0.5, 0.6) is 5.75 Å². The zero-order valence-electron chi connectivity index (χ0n) is 12.4. The lowest BCUT2D eigenvalue weighted by Crippen LogP contribution is -2.19. The van der Waals surface area contributed by atoms with Gasteiger partial charge in [-0.1, -0.05) is 15.9 Å². The van der Waals surface area contributed by atoms with E-state index in [0.29, 0.717) is 6.04 Å². The van der Waals surface area contributed by atoms with Crippen molar-refractivity contribution in [2.45, 2.75) is 38.9 Å². The molecule has 1 aliphatic rings. The van der Waals surface area contributed by atoms with Crippen molar-refractivity contribution in [3.63, 3.8) is 0 Å². The summed E-state index contributed by atoms with van der Waals surface area (Å²) in [4.78, 5) is 4.46. The minimum atomic E-state index is 0.706. The molecular formula is C16H20BrN3O. The van der Waals surface area contributed by atoms with Gasteiger partial charge in [0.15, 0.2) is 0 Å². The molecule has 1 saturated carbocycles. The Kier molecular flexibility index (Phi) is 4.31. The molecule has 1 N–H and O–H groups in total. The van der Waals surface area contributed by atoms with Gasteiger partial charge >= 0.3 is 0 Å². The first-order valence-corrected chi connectivity index (χ1v) is 8.03. The number of halogens is 1. The second-order valence-electron chi connectivity index (χ2n) is 5.50. The molecule has 0 radical (unpaired) electrons. The van der Waals surface area contributed by atoms with Crippen molar-refractivity contribution in [3.05, 3.63) is 46.0 Å². The van der Waals surface area contributed by atoms with Gasteiger partial charge in [-0.15, -0.1) is 0 Å². The molecule has 5 heteroatoms. The topological polar surface area (TPSA) is 39.1 Å². The van der Waals surface area contributed by atoms with Crippen molar-refractivity contribution in [1.29, 1.82) is 0 Å². The number of hydrogen-bond acceptors (Lipinski definition) is 3. The lowest BCUT2D eigenvalue weighted by atomic mass is 10.2. The van der Waals surface area contributed by atoms with E-state index < -0.39 is 0 Å². The highest BCUT2D eigenvalue weighted by Crippen LogP contribution is 2.25. The second kappa shape index (κ2) is 6.20. The van der Waals surface area contributed by atoms with E-state index in [1.165, 1.54) is 24.1 Å². The third kappa shape index (κ3) is 3.47. The summed E-state index contributed by atoms with van der Waals surface area (Å²) in [5.74, 6) is 1.92. The summed E-state index contributed by atoms with van der Waals surface area (Å²) in [5, 5.41) is 3.55. The van der Waals surface area contributed by atoms with Crippen LogP contribution in [-0.4, -0.2) is 22.7 Å². The predicted octanol–water partition coefficient (Wildman–Crippen LogP) is 3.26. The molecule has 3 rings (SSSR count). The van der Waals surface area contributed by atoms with Crippen molar-refractivity contribution in [2.75, 3.05) is 7.11 Å². The molecular weight excluding hydrogens is 330 g/mol. The maximum absolute atomic E-state index is 5.32. The Morgan fingerprint density at radius 1 is 1.43 bits per heavy atom. The Morgan fingerprint density at radius 3 is 2.95 bits per heavy atom. The predicted molar refractivity (Wildman–Crippen MR) is 86.6 cm³/mol. The number of nitrogens with zero attached hydrogens (tertiary/aromatic N) is 2. The van der Waals surface area contributed by atoms with Crippen LogP contribution in [0.25, 0.3) is 0 Å². The molecule has 1 fully saturated rings. The van der Waals surface area contributed by atoms with Gasteiger partial charge in [0.05, 0.1) is 19.3 Å². The molecule has 1 aliphatic carbocycles. The van der Waals surface area contributed by atoms with Crippen molar-refractivity contribution in [1.82, 2.24) is 14.9 Å². The monoisotopic (exact) mass is 349 g/mol. The number of nitrogens with one attached hydrogen (secondary N) is 1. The van der Waals surface area contributed by atoms with Crippen molar-refractivity contribution < 1.29 is 4.74 Å². The van der Waals surface area contributed by atoms with Crippen LogP contribution in [0.1, 0.15) is 29.9 Å². The molecule has 0 atom stereocenters. The number of benzene rings is 1. The van der Waals surface area contributed by atoms with E-state index in [2.05, 4.69) is 43.8 Å². The second-order valence-corrected chi connectivity index (χ2v) is 6.35. The Labute approximate surface area is 133 Å². The third-order valence-electron chi connectivity index (χ3n) is 3.87. The molecule has 0 bridgehead atoms. The summed E-state index contributed by atoms with van der Waals surface area (Å²) in [7, 11) is 1.69. The fourth-order valence-electron chi connectivity index (χ4n) is 2.38. The molecule has 0 amide bonds. The highest BCUT2D eigenvalue weighted by molar-refractivity contribution is 9.10. The van der Waals surface area contributed by atoms with Crippen molar-refractivity contribution >= 4 is 15.9 Å². The normalized spacial score (nSPS) is 14.4. The standard InChI is InChI=1S/C16H20BrN3O/c1-11-18-8-14(9-19-13-3-4-13)20(11)10-12-7-15(21-2)5-6-16(12)17/h5-8,13,19H,3-4,9-10H2,1-2H3. The lowest BCUT2D eigenvalue weighted by molar-refractivity contribution is 0.414. The SMILES string of the molecule is COc1ccc(Br)c(Cn2c(CNC3CC3)cnc2C)c1. The Bertz CT molecular complexity index is 634. The first-order chi connectivity index (χ1) is 10.2. The Balaban J connectivity index is 1.81. The molecule has 0 unspecified atom stereocenters. The van der Waals surface area contributed by atoms with Crippen molar-refractivity contribution in [3.8, 4) is 5.75 Å². The number of hydrogen-bond donors (Lipinski definition) is 1. The molecule has 1 heterocycles. The number of imidazole rings is 1. The fourth-order valence-corrected chi connectivity index (χ4v) is 2.75. The fraction of sp³-hybridized carbons (Fsp3) is 0.438. The number of ether oxygens (including phenoxy) is 1. The quantitative estimate of drug-likeness (QED) is 0.869. The smallest absolute Gasteiger partial charge is 0.119 e. The van der Waals surface area contributed by atoms with E-state index >= 15 is 0 Å². The molecule has 0 saturated heterocycles. The highest BCUT2D eigenvalue weighted by Gasteiger charge is 2.21. The Hall–Kier alpha value is -1.33. The van der Waals surface area contributed by atoms with Gasteiger partial charge in [0, 0.05) is 23.3 Å². The summed E-state index contributed by atoms with van der Waals surface area (Å²) in [5.41, 5.74) is 2.43. The van der Waals surface area contributed by atoms with Crippen molar-refractivity contribution in [2.24, 2.45) is 0 Å². The maximum Gasteiger partial charge on any atom is 0.119 e. The molecule has 1 aromatic heterocycles. The van der Waals surface area contributed by atoms with Crippen LogP contribution in [0.15, 0.2) is 28.9 Å². The van der Waals surface area contributed by atoms with Gasteiger partial charge in [-0.2, -0.15) is 0 Å². The first-order valence-electron chi connectivity index (χ1n) is 7.24. The van der Waals surface area contributed by atoms with Crippen LogP contribution >= 0.6 is 15.9 Å². The number of rotatable bonds is 6. The largest absolute Gasteiger partial charge is 0.497 e. The lowest BCUT2D eigenvalue weighted by Gasteiger charge is -2.13. The number of methoxy groups -OCH3 is 1. The van der Waals surface area contributed by atoms with Gasteiger partial charge in [0.2, 0.25) is 0 Å². The molecule has 0 spiro atoms. The molecule has 0 aliphatic heterocycles. The number of aryl methyl sites for hydroxylation is 1. The zero-order valence-corrected chi connectivity index (χ0v) is 14.0. The molecule has 112 valence electrons. The molecule has 2 aromatic rings. The summed E-state index contributed by atoms with van der Waals surface area (Å²) in [6, 6.07) is 6.77. The van der Waals surface area contributed by atoms with E-state index in [1.807, 2.05) is 18.3 Å². The van der Waals surface area contributed by atoms with Gasteiger partial charge in [-0.05, 0) is 43.5 Å². The maximum atomic E-state index is 5.32. The van der Waals surface area contributed by atoms with Gasteiger partial charge < -0.3 is 14.6 Å². The zero-order chi connectivity index (χ0) is 14.8. The average molecular weight is 350 g/mol. The molecule has 1 aromatic carbocycles. The van der Waals surface area contributed by atoms with E-state index in [4.69, 9.17) is 4.74 Å². The van der Waals surface area contributed by atoms with Gasteiger partial charge in [-0.25, -0.2) is 4.98 Å². The minimum Gasteiger partial charge on any atom is -0.497 e. The highest BCUT2D eigenvalue weighted by atomic mass is 79.9. The number of aromatic nitrogens is 2. The first kappa shape index (κ1) is 14.6. The van der Waals surface area contributed by atoms with Crippen LogP contribution < -0.4 is 10.1 Å². The van der Waals surface area contributed by atoms with Gasteiger partial charge in [0.1, 0.15) is 11.6 Å². The van der Waals surface area contributed by atoms with Crippen LogP contribution in [0, 0.1) is 6.92 Å². The average Bonchev–Trinajstić information content (AvgIpc) is 3.25. The van der Waals surface area contributed by atoms with Crippen LogP contribution in [-0.2, 0) is 13.1 Å². The summed E-state index contributed by atoms with van der Waals surface area (Å²) in [6.07, 6.45) is 4.57. The van der Waals surface area contributed by atoms with Gasteiger partial charge in [0.25, 0.3) is 0 Å². The van der Waals surface area contributed by atoms with Gasteiger partial charge in [-0.3, -0.25) is 0 Å². The van der Waals surface area contributed by atoms with Crippen LogP contribution in [0.3, 0.4) is 0 Å². The van der Waals surface area contributed by atoms with Crippen LogP contribution in [0.4, 0.5) is 0 Å². The molecule has 21 heavy (non-hydrogen) atoms. The van der Waals surface area contributed by atoms with Crippen LogP contribution in [0.2, 0.25) is 0 Å².